The zero-order valence-corrected chi connectivity index (χ0v) is 13.4. The highest BCUT2D eigenvalue weighted by Crippen LogP contribution is 2.16. The summed E-state index contributed by atoms with van der Waals surface area (Å²) in [7, 11) is -3.22. The molecule has 0 saturated carbocycles. The van der Waals surface area contributed by atoms with Gasteiger partial charge in [0.15, 0.2) is 0 Å². The van der Waals surface area contributed by atoms with Crippen LogP contribution in [0.2, 0.25) is 5.02 Å². The third kappa shape index (κ3) is 4.52. The molecule has 0 bridgehead atoms. The van der Waals surface area contributed by atoms with E-state index in [1.807, 2.05) is 25.1 Å². The van der Waals surface area contributed by atoms with E-state index in [-0.39, 0.29) is 12.3 Å². The van der Waals surface area contributed by atoms with Gasteiger partial charge >= 0.3 is 0 Å². The fourth-order valence-corrected chi connectivity index (χ4v) is 2.46. The molecule has 8 heteroatoms. The lowest BCUT2D eigenvalue weighted by Crippen LogP contribution is -2.24. The molecule has 0 spiro atoms. The average molecular weight is 329 g/mol. The first-order chi connectivity index (χ1) is 9.89. The third-order valence-electron chi connectivity index (χ3n) is 3.01. The Labute approximate surface area is 129 Å². The van der Waals surface area contributed by atoms with Gasteiger partial charge in [-0.25, -0.2) is 17.8 Å². The number of nitrogens with zero attached hydrogens (tertiary/aromatic N) is 3. The number of aromatic nitrogens is 3. The molecule has 6 nitrogen and oxygen atoms in total. The van der Waals surface area contributed by atoms with Crippen molar-refractivity contribution in [2.24, 2.45) is 0 Å². The van der Waals surface area contributed by atoms with Crippen LogP contribution >= 0.6 is 11.6 Å². The van der Waals surface area contributed by atoms with Gasteiger partial charge in [-0.1, -0.05) is 28.9 Å². The number of halogens is 1. The molecule has 1 N–H and O–H groups in total. The number of aryl methyl sites for hydroxylation is 1. The molecular weight excluding hydrogens is 312 g/mol. The Morgan fingerprint density at radius 3 is 2.81 bits per heavy atom. The number of hydrogen-bond donors (Lipinski definition) is 1. The van der Waals surface area contributed by atoms with Crippen LogP contribution in [0.5, 0.6) is 0 Å². The van der Waals surface area contributed by atoms with Crippen molar-refractivity contribution in [3.63, 3.8) is 0 Å². The minimum Gasteiger partial charge on any atom is -0.248 e. The van der Waals surface area contributed by atoms with Gasteiger partial charge in [0, 0.05) is 5.02 Å². The first-order valence-corrected chi connectivity index (χ1v) is 8.54. The summed E-state index contributed by atoms with van der Waals surface area (Å²) < 4.78 is 26.8. The van der Waals surface area contributed by atoms with Crippen LogP contribution in [0.4, 0.5) is 0 Å². The molecule has 0 aliphatic carbocycles. The van der Waals surface area contributed by atoms with E-state index in [1.54, 1.807) is 17.8 Å². The molecule has 0 saturated heterocycles. The smallest absolute Gasteiger partial charge is 0.211 e. The standard InChI is InChI=1S/C13H17ClN4O2S/c1-3-21(19,20)15-7-12-9-18(17-16-12)8-11-4-5-13(14)10(2)6-11/h4-6,9,15H,3,7-8H2,1-2H3. The molecule has 1 heterocycles. The van der Waals surface area contributed by atoms with Crippen molar-refractivity contribution < 1.29 is 8.42 Å². The molecule has 2 rings (SSSR count). The lowest BCUT2D eigenvalue weighted by atomic mass is 10.1. The monoisotopic (exact) mass is 328 g/mol. The zero-order valence-electron chi connectivity index (χ0n) is 11.9. The Bertz CT molecular complexity index is 728. The minimum absolute atomic E-state index is 0.0468. The highest BCUT2D eigenvalue weighted by Gasteiger charge is 2.08. The lowest BCUT2D eigenvalue weighted by molar-refractivity contribution is 0.581. The van der Waals surface area contributed by atoms with E-state index in [1.165, 1.54) is 0 Å². The molecule has 21 heavy (non-hydrogen) atoms. The van der Waals surface area contributed by atoms with Crippen LogP contribution in [0.1, 0.15) is 23.7 Å². The van der Waals surface area contributed by atoms with Crippen molar-refractivity contribution in [2.45, 2.75) is 26.9 Å². The van der Waals surface area contributed by atoms with Crippen LogP contribution < -0.4 is 4.72 Å². The van der Waals surface area contributed by atoms with Crippen molar-refractivity contribution in [1.82, 2.24) is 19.7 Å². The number of nitrogens with one attached hydrogen (secondary N) is 1. The highest BCUT2D eigenvalue weighted by molar-refractivity contribution is 7.89. The Hall–Kier alpha value is -1.44. The van der Waals surface area contributed by atoms with Gasteiger partial charge in [-0.2, -0.15) is 0 Å². The maximum atomic E-state index is 11.4. The Kier molecular flexibility index (Phi) is 4.97. The van der Waals surface area contributed by atoms with Crippen molar-refractivity contribution in [2.75, 3.05) is 5.75 Å². The van der Waals surface area contributed by atoms with Crippen LogP contribution in [0.15, 0.2) is 24.4 Å². The van der Waals surface area contributed by atoms with Gasteiger partial charge in [-0.3, -0.25) is 0 Å². The van der Waals surface area contributed by atoms with Crippen molar-refractivity contribution in [3.05, 3.63) is 46.2 Å². The Morgan fingerprint density at radius 1 is 1.38 bits per heavy atom. The zero-order chi connectivity index (χ0) is 15.5. The summed E-state index contributed by atoms with van der Waals surface area (Å²) in [4.78, 5) is 0. The molecule has 0 radical (unpaired) electrons. The van der Waals surface area contributed by atoms with E-state index in [9.17, 15) is 8.42 Å². The number of rotatable bonds is 6. The van der Waals surface area contributed by atoms with Crippen LogP contribution in [-0.2, 0) is 23.1 Å². The fourth-order valence-electron chi connectivity index (χ4n) is 1.77. The maximum Gasteiger partial charge on any atom is 0.211 e. The summed E-state index contributed by atoms with van der Waals surface area (Å²) in [5.74, 6) is 0.0468. The third-order valence-corrected chi connectivity index (χ3v) is 4.77. The van der Waals surface area contributed by atoms with E-state index in [0.717, 1.165) is 16.1 Å². The molecule has 2 aromatic rings. The maximum absolute atomic E-state index is 11.4. The summed E-state index contributed by atoms with van der Waals surface area (Å²) in [6.07, 6.45) is 1.72. The van der Waals surface area contributed by atoms with E-state index < -0.39 is 10.0 Å². The second kappa shape index (κ2) is 6.55. The van der Waals surface area contributed by atoms with Gasteiger partial charge in [-0.05, 0) is 31.0 Å². The van der Waals surface area contributed by atoms with Gasteiger partial charge in [0.25, 0.3) is 0 Å². The molecular formula is C13H17ClN4O2S. The number of benzene rings is 1. The first kappa shape index (κ1) is 15.9. The van der Waals surface area contributed by atoms with Gasteiger partial charge in [0.05, 0.1) is 30.7 Å². The summed E-state index contributed by atoms with van der Waals surface area (Å²) >= 11 is 5.99. The second-order valence-electron chi connectivity index (χ2n) is 4.72. The predicted molar refractivity (Wildman–Crippen MR) is 81.6 cm³/mol. The van der Waals surface area contributed by atoms with Gasteiger partial charge in [0.1, 0.15) is 0 Å². The molecule has 0 atom stereocenters. The minimum atomic E-state index is -3.22. The van der Waals surface area contributed by atoms with Crippen molar-refractivity contribution in [3.8, 4) is 0 Å². The van der Waals surface area contributed by atoms with Crippen LogP contribution in [-0.4, -0.2) is 29.2 Å². The molecule has 1 aromatic carbocycles. The molecule has 1 aromatic heterocycles. The second-order valence-corrected chi connectivity index (χ2v) is 7.22. The first-order valence-electron chi connectivity index (χ1n) is 6.51. The molecule has 0 unspecified atom stereocenters. The normalized spacial score (nSPS) is 11.8. The Morgan fingerprint density at radius 2 is 2.14 bits per heavy atom. The van der Waals surface area contributed by atoms with Gasteiger partial charge < -0.3 is 0 Å². The summed E-state index contributed by atoms with van der Waals surface area (Å²) in [6, 6.07) is 5.76. The van der Waals surface area contributed by atoms with Crippen LogP contribution in [0.25, 0.3) is 0 Å². The predicted octanol–water partition coefficient (Wildman–Crippen LogP) is 1.73. The largest absolute Gasteiger partial charge is 0.248 e. The molecule has 0 amide bonds. The van der Waals surface area contributed by atoms with Crippen LogP contribution in [0, 0.1) is 6.92 Å². The number of sulfonamides is 1. The van der Waals surface area contributed by atoms with Crippen LogP contribution in [0.3, 0.4) is 0 Å². The van der Waals surface area contributed by atoms with E-state index in [2.05, 4.69) is 15.0 Å². The molecule has 114 valence electrons. The molecule has 0 fully saturated rings. The van der Waals surface area contributed by atoms with Crippen molar-refractivity contribution in [1.29, 1.82) is 0 Å². The van der Waals surface area contributed by atoms with E-state index in [0.29, 0.717) is 12.2 Å². The molecule has 0 aliphatic rings. The summed E-state index contributed by atoms with van der Waals surface area (Å²) in [5, 5.41) is 8.67. The molecule has 0 aliphatic heterocycles. The highest BCUT2D eigenvalue weighted by atomic mass is 35.5. The summed E-state index contributed by atoms with van der Waals surface area (Å²) in [6.45, 7) is 4.24. The number of hydrogen-bond acceptors (Lipinski definition) is 4. The van der Waals surface area contributed by atoms with E-state index in [4.69, 9.17) is 11.6 Å². The Balaban J connectivity index is 2.01. The topological polar surface area (TPSA) is 76.9 Å². The lowest BCUT2D eigenvalue weighted by Gasteiger charge is -2.04. The van der Waals surface area contributed by atoms with E-state index >= 15 is 0 Å². The average Bonchev–Trinajstić information content (AvgIpc) is 2.89. The SMILES string of the molecule is CCS(=O)(=O)NCc1cn(Cc2ccc(Cl)c(C)c2)nn1. The fraction of sp³-hybridized carbons (Fsp3) is 0.385. The quantitative estimate of drug-likeness (QED) is 0.876. The van der Waals surface area contributed by atoms with Gasteiger partial charge in [0.2, 0.25) is 10.0 Å². The van der Waals surface area contributed by atoms with Gasteiger partial charge in [-0.15, -0.1) is 5.10 Å². The van der Waals surface area contributed by atoms with Crippen molar-refractivity contribution >= 4 is 21.6 Å². The summed E-state index contributed by atoms with van der Waals surface area (Å²) in [5.41, 5.74) is 2.64.